The summed E-state index contributed by atoms with van der Waals surface area (Å²) in [7, 11) is 0. The Bertz CT molecular complexity index is 781. The highest BCUT2D eigenvalue weighted by atomic mass is 16.1. The average molecular weight is 455 g/mol. The molecule has 5 aliphatic carbocycles. The van der Waals surface area contributed by atoms with E-state index < -0.39 is 0 Å². The first-order valence-corrected chi connectivity index (χ1v) is 14.7. The summed E-state index contributed by atoms with van der Waals surface area (Å²) in [5, 5.41) is 0. The van der Waals surface area contributed by atoms with Gasteiger partial charge < -0.3 is 0 Å². The zero-order valence-electron chi connectivity index (χ0n) is 23.4. The van der Waals surface area contributed by atoms with Gasteiger partial charge in [-0.25, -0.2) is 0 Å². The molecular weight excluding hydrogens is 400 g/mol. The second kappa shape index (κ2) is 8.51. The van der Waals surface area contributed by atoms with E-state index in [1.54, 1.807) is 0 Å². The molecule has 0 saturated heterocycles. The van der Waals surface area contributed by atoms with Gasteiger partial charge in [0.15, 0.2) is 0 Å². The Kier molecular flexibility index (Phi) is 6.58. The van der Waals surface area contributed by atoms with Crippen molar-refractivity contribution in [3.8, 4) is 0 Å². The lowest BCUT2D eigenvalue weighted by molar-refractivity contribution is -0.224. The maximum Gasteiger partial charge on any atom is 0.136 e. The van der Waals surface area contributed by atoms with Crippen molar-refractivity contribution >= 4 is 5.78 Å². The number of Topliss-reactive ketones (excluding diaryl/α,β-unsaturated/α-hetero) is 1. The summed E-state index contributed by atoms with van der Waals surface area (Å²) in [5.74, 6) is 5.07. The van der Waals surface area contributed by atoms with Gasteiger partial charge in [0, 0.05) is 5.41 Å². The van der Waals surface area contributed by atoms with Gasteiger partial charge in [0.1, 0.15) is 5.78 Å². The zero-order valence-corrected chi connectivity index (χ0v) is 23.4. The third kappa shape index (κ3) is 3.32. The van der Waals surface area contributed by atoms with Crippen LogP contribution in [-0.4, -0.2) is 5.78 Å². The van der Waals surface area contributed by atoms with Gasteiger partial charge in [0.05, 0.1) is 0 Å². The molecule has 33 heavy (non-hydrogen) atoms. The van der Waals surface area contributed by atoms with Crippen molar-refractivity contribution < 1.29 is 4.79 Å². The SMILES string of the molecule is C=C(C)[C@@H]1CC[C@]2(C(C)=O)CC[C@]3(C)[C@H](CCC4C3(C)CCC3C[C@@H](C)CC[C@@]34C)C12.CC. The molecule has 4 unspecified atom stereocenters. The molecule has 188 valence electrons. The van der Waals surface area contributed by atoms with Crippen molar-refractivity contribution in [2.45, 2.75) is 126 Å². The molecule has 0 aromatic heterocycles. The second-order valence-electron chi connectivity index (χ2n) is 13.9. The monoisotopic (exact) mass is 454 g/mol. The molecule has 5 aliphatic rings. The first-order chi connectivity index (χ1) is 15.5. The molecule has 0 aromatic carbocycles. The Morgan fingerprint density at radius 3 is 2.15 bits per heavy atom. The Labute approximate surface area is 206 Å². The minimum atomic E-state index is -0.0433. The predicted octanol–water partition coefficient (Wildman–Crippen LogP) is 9.26. The van der Waals surface area contributed by atoms with Crippen LogP contribution in [0.2, 0.25) is 0 Å². The van der Waals surface area contributed by atoms with Crippen LogP contribution in [0.3, 0.4) is 0 Å². The molecule has 5 saturated carbocycles. The number of allylic oxidation sites excluding steroid dienone is 1. The number of hydrogen-bond acceptors (Lipinski definition) is 1. The molecule has 0 radical (unpaired) electrons. The quantitative estimate of drug-likeness (QED) is 0.380. The van der Waals surface area contributed by atoms with Crippen LogP contribution in [0, 0.1) is 57.2 Å². The van der Waals surface area contributed by atoms with Crippen LogP contribution in [0.4, 0.5) is 0 Å². The van der Waals surface area contributed by atoms with E-state index >= 15 is 0 Å². The van der Waals surface area contributed by atoms with Crippen molar-refractivity contribution in [2.75, 3.05) is 0 Å². The van der Waals surface area contributed by atoms with Crippen LogP contribution in [0.5, 0.6) is 0 Å². The number of fused-ring (bicyclic) bond motifs is 7. The molecule has 1 heteroatoms. The van der Waals surface area contributed by atoms with E-state index in [1.165, 1.54) is 63.4 Å². The molecule has 0 bridgehead atoms. The van der Waals surface area contributed by atoms with E-state index in [2.05, 4.69) is 41.2 Å². The van der Waals surface area contributed by atoms with Crippen molar-refractivity contribution in [3.63, 3.8) is 0 Å². The first-order valence-electron chi connectivity index (χ1n) is 14.7. The highest BCUT2D eigenvalue weighted by Crippen LogP contribution is 2.76. The summed E-state index contributed by atoms with van der Waals surface area (Å²) in [5.41, 5.74) is 2.67. The van der Waals surface area contributed by atoms with Gasteiger partial charge in [0.25, 0.3) is 0 Å². The minimum Gasteiger partial charge on any atom is -0.299 e. The van der Waals surface area contributed by atoms with Gasteiger partial charge in [-0.15, -0.1) is 0 Å². The van der Waals surface area contributed by atoms with Gasteiger partial charge in [-0.2, -0.15) is 0 Å². The first kappa shape index (κ1) is 25.5. The topological polar surface area (TPSA) is 17.1 Å². The van der Waals surface area contributed by atoms with Crippen LogP contribution in [0.15, 0.2) is 12.2 Å². The van der Waals surface area contributed by atoms with Crippen molar-refractivity contribution in [1.29, 1.82) is 0 Å². The highest BCUT2D eigenvalue weighted by molar-refractivity contribution is 5.83. The van der Waals surface area contributed by atoms with E-state index in [1.807, 2.05) is 20.8 Å². The summed E-state index contributed by atoms with van der Waals surface area (Å²) in [4.78, 5) is 13.2. The largest absolute Gasteiger partial charge is 0.299 e. The van der Waals surface area contributed by atoms with E-state index in [4.69, 9.17) is 0 Å². The minimum absolute atomic E-state index is 0.0433. The van der Waals surface area contributed by atoms with E-state index in [0.717, 1.165) is 30.6 Å². The summed E-state index contributed by atoms with van der Waals surface area (Å²) in [6.07, 6.45) is 14.7. The maximum atomic E-state index is 13.2. The zero-order chi connectivity index (χ0) is 24.4. The summed E-state index contributed by atoms with van der Waals surface area (Å²) in [6.45, 7) is 23.2. The molecule has 0 N–H and O–H groups in total. The number of ketones is 1. The lowest BCUT2D eigenvalue weighted by Crippen LogP contribution is -2.65. The fourth-order valence-corrected chi connectivity index (χ4v) is 11.1. The van der Waals surface area contributed by atoms with Gasteiger partial charge in [-0.3, -0.25) is 4.79 Å². The van der Waals surface area contributed by atoms with Gasteiger partial charge in [-0.05, 0) is 130 Å². The highest BCUT2D eigenvalue weighted by Gasteiger charge is 2.70. The van der Waals surface area contributed by atoms with Gasteiger partial charge in [0.2, 0.25) is 0 Å². The standard InChI is InChI=1S/C30H48O.C2H6/c1-19(2)23-12-15-30(21(4)31)17-16-28(6)24(26(23)30)8-9-25-27(5)13-10-20(3)18-22(27)11-14-29(25,28)7;1-2/h20,22-26H,1,8-18H2,2-7H3;1-2H3/t20-,22?,23-,24+,25?,26?,27-,28+,29?,30+;/m0./s1. The normalized spacial score (nSPS) is 52.8. The number of carbonyl (C=O) groups is 1. The van der Waals surface area contributed by atoms with Crippen molar-refractivity contribution in [1.82, 2.24) is 0 Å². The second-order valence-corrected chi connectivity index (χ2v) is 13.9. The number of carbonyl (C=O) groups excluding carboxylic acids is 1. The molecule has 0 aliphatic heterocycles. The number of hydrogen-bond donors (Lipinski definition) is 0. The van der Waals surface area contributed by atoms with Crippen LogP contribution < -0.4 is 0 Å². The summed E-state index contributed by atoms with van der Waals surface area (Å²) >= 11 is 0. The molecule has 0 heterocycles. The molecular formula is C32H54O. The van der Waals surface area contributed by atoms with Crippen LogP contribution in [-0.2, 0) is 4.79 Å². The Morgan fingerprint density at radius 2 is 1.52 bits per heavy atom. The lowest BCUT2D eigenvalue weighted by atomic mass is 9.33. The van der Waals surface area contributed by atoms with E-state index in [-0.39, 0.29) is 5.41 Å². The molecule has 5 fully saturated rings. The molecule has 0 amide bonds. The van der Waals surface area contributed by atoms with E-state index in [0.29, 0.717) is 39.8 Å². The third-order valence-corrected chi connectivity index (χ3v) is 13.1. The Morgan fingerprint density at radius 1 is 0.818 bits per heavy atom. The average Bonchev–Trinajstić information content (AvgIpc) is 3.18. The molecule has 5 rings (SSSR count). The third-order valence-electron chi connectivity index (χ3n) is 13.1. The smallest absolute Gasteiger partial charge is 0.136 e. The summed E-state index contributed by atoms with van der Waals surface area (Å²) < 4.78 is 0. The Balaban J connectivity index is 0.00000126. The molecule has 1 nitrogen and oxygen atoms in total. The number of rotatable bonds is 2. The fraction of sp³-hybridized carbons (Fsp3) is 0.906. The molecule has 10 atom stereocenters. The van der Waals surface area contributed by atoms with Crippen molar-refractivity contribution in [3.05, 3.63) is 12.2 Å². The Hall–Kier alpha value is -0.590. The van der Waals surface area contributed by atoms with E-state index in [9.17, 15) is 4.79 Å². The van der Waals surface area contributed by atoms with Crippen molar-refractivity contribution in [2.24, 2.45) is 57.2 Å². The van der Waals surface area contributed by atoms with Crippen LogP contribution in [0.1, 0.15) is 126 Å². The maximum absolute atomic E-state index is 13.2. The molecule has 0 aromatic rings. The van der Waals surface area contributed by atoms with Gasteiger partial charge >= 0.3 is 0 Å². The van der Waals surface area contributed by atoms with Gasteiger partial charge in [-0.1, -0.05) is 60.1 Å². The van der Waals surface area contributed by atoms with Crippen LogP contribution >= 0.6 is 0 Å². The lowest BCUT2D eigenvalue weighted by Gasteiger charge is -2.71. The predicted molar refractivity (Wildman–Crippen MR) is 141 cm³/mol. The molecule has 0 spiro atoms. The van der Waals surface area contributed by atoms with Crippen LogP contribution in [0.25, 0.3) is 0 Å². The summed E-state index contributed by atoms with van der Waals surface area (Å²) in [6, 6.07) is 0. The fourth-order valence-electron chi connectivity index (χ4n) is 11.1.